The van der Waals surface area contributed by atoms with E-state index in [4.69, 9.17) is 19.9 Å². The van der Waals surface area contributed by atoms with Crippen LogP contribution in [0.25, 0.3) is 56.3 Å². The van der Waals surface area contributed by atoms with Gasteiger partial charge >= 0.3 is 21.1 Å². The first-order valence-electron chi connectivity index (χ1n) is 32.7. The van der Waals surface area contributed by atoms with Gasteiger partial charge in [0.1, 0.15) is 0 Å². The molecule has 0 aliphatic carbocycles. The van der Waals surface area contributed by atoms with Crippen LogP contribution in [-0.2, 0) is 21.1 Å². The Labute approximate surface area is 599 Å². The summed E-state index contributed by atoms with van der Waals surface area (Å²) >= 11 is 3.48. The van der Waals surface area contributed by atoms with Gasteiger partial charge < -0.3 is 19.8 Å². The fourth-order valence-corrected chi connectivity index (χ4v) is 16.3. The number of hydrogen-bond acceptors (Lipinski definition) is 7. The predicted octanol–water partition coefficient (Wildman–Crippen LogP) is 20.4. The van der Waals surface area contributed by atoms with Crippen molar-refractivity contribution >= 4 is 116 Å². The summed E-state index contributed by atoms with van der Waals surface area (Å²) in [5.74, 6) is 0. The Hall–Kier alpha value is -7.86. The van der Waals surface area contributed by atoms with Gasteiger partial charge in [-0.3, -0.25) is 15.0 Å². The Bertz CT molecular complexity index is 4050. The Morgan fingerprint density at radius 2 is 0.552 bits per heavy atom. The molecule has 0 saturated heterocycles. The smallest absolute Gasteiger partial charge is 0.346 e. The van der Waals surface area contributed by atoms with E-state index in [1.54, 1.807) is 0 Å². The number of halogens is 1. The standard InChI is InChI=1S/C34H37N3Si2.C34H35N3Si2.C14H16BrNSi.Pt/c2*1-38(2,3)31-18-20-33(35-24-31)26-12-10-16-29(22-26)37(28-14-8-7-9-15-28)30-17-11-13-27(23-30)34-21-19-32(25-36-34)39(4,5)6;1-17(2,3)13-7-8-14(16-10-13)11-5-4-6-12(15)9-11;/h7-25H,1-6H3;7-21,24-25H,1-6H3;4-10H,1-3H3;/q;-2;;+2. The van der Waals surface area contributed by atoms with E-state index in [1.807, 2.05) is 36.8 Å². The molecule has 12 aromatic rings. The largest absolute Gasteiger partial charge is 2.00 e. The molecular weight excluding hydrogens is 1500 g/mol. The summed E-state index contributed by atoms with van der Waals surface area (Å²) < 4.78 is 1.09. The van der Waals surface area contributed by atoms with Gasteiger partial charge in [0.15, 0.2) is 0 Å². The maximum atomic E-state index is 4.85. The minimum Gasteiger partial charge on any atom is -0.346 e. The first-order valence-corrected chi connectivity index (χ1v) is 51.0. The molecule has 0 amide bonds. The molecule has 0 spiro atoms. The number of nitrogens with zero attached hydrogens (tertiary/aromatic N) is 7. The number of hydrogen-bond donors (Lipinski definition) is 0. The molecule has 12 rings (SSSR count). The molecule has 0 radical (unpaired) electrons. The van der Waals surface area contributed by atoms with Crippen LogP contribution in [0.3, 0.4) is 0 Å². The fraction of sp³-hybridized carbons (Fsp3) is 0.183. The third-order valence-electron chi connectivity index (χ3n) is 16.7. The van der Waals surface area contributed by atoms with Crippen molar-refractivity contribution in [3.05, 3.63) is 278 Å². The van der Waals surface area contributed by atoms with Gasteiger partial charge in [-0.2, -0.15) is 0 Å². The molecule has 0 atom stereocenters. The topological polar surface area (TPSA) is 70.9 Å². The number of pyridine rings is 5. The van der Waals surface area contributed by atoms with Crippen molar-refractivity contribution in [2.24, 2.45) is 0 Å². The summed E-state index contributed by atoms with van der Waals surface area (Å²) in [5, 5.41) is 6.85. The molecule has 0 bridgehead atoms. The molecule has 14 heteroatoms. The van der Waals surface area contributed by atoms with Gasteiger partial charge in [-0.25, -0.2) is 0 Å². The quantitative estimate of drug-likeness (QED) is 0.0705. The summed E-state index contributed by atoms with van der Waals surface area (Å²) in [6.45, 7) is 35.2. The zero-order valence-corrected chi connectivity index (χ0v) is 67.0. The molecule has 0 unspecified atom stereocenters. The zero-order valence-electron chi connectivity index (χ0n) is 58.2. The SMILES string of the molecule is C[Si](C)(C)c1ccc(-c2[c-]c(N(c3[c-]c(-c4ccc([Si](C)(C)C)cn4)ccc3)c3ccccc3)ccc2)nc1.C[Si](C)(C)c1ccc(-c2cccc(Br)c2)nc1.C[Si](C)(C)c1ccc(-c2cccc(N(c3ccccc3)c3cccc(-c4ccc([Si](C)(C)C)cn4)c3)c2)nc1.[Pt+2]. The second kappa shape index (κ2) is 31.1. The molecule has 0 aliphatic rings. The van der Waals surface area contributed by atoms with E-state index >= 15 is 0 Å². The molecule has 488 valence electrons. The molecule has 7 aromatic carbocycles. The second-order valence-corrected chi connectivity index (χ2v) is 55.6. The first-order chi connectivity index (χ1) is 45.2. The van der Waals surface area contributed by atoms with Crippen LogP contribution in [0, 0.1) is 12.1 Å². The van der Waals surface area contributed by atoms with Gasteiger partial charge in [-0.1, -0.05) is 229 Å². The maximum Gasteiger partial charge on any atom is 2.00 e. The average Bonchev–Trinajstić information content (AvgIpc) is 0.821. The molecule has 5 heterocycles. The Kier molecular flexibility index (Phi) is 23.5. The first kappa shape index (κ1) is 72.4. The monoisotopic (exact) mass is 1580 g/mol. The molecule has 96 heavy (non-hydrogen) atoms. The van der Waals surface area contributed by atoms with Gasteiger partial charge in [0, 0.05) is 74.9 Å². The van der Waals surface area contributed by atoms with E-state index in [9.17, 15) is 0 Å². The average molecular weight is 1590 g/mol. The Morgan fingerprint density at radius 1 is 0.271 bits per heavy atom. The molecule has 0 aliphatic heterocycles. The van der Waals surface area contributed by atoms with Crippen molar-refractivity contribution in [1.29, 1.82) is 0 Å². The van der Waals surface area contributed by atoms with Crippen LogP contribution in [0.2, 0.25) is 98.2 Å². The number of aromatic nitrogens is 5. The van der Waals surface area contributed by atoms with Crippen molar-refractivity contribution in [2.45, 2.75) is 98.2 Å². The maximum absolute atomic E-state index is 4.85. The predicted molar refractivity (Wildman–Crippen MR) is 425 cm³/mol. The van der Waals surface area contributed by atoms with Crippen LogP contribution in [0.15, 0.2) is 266 Å². The van der Waals surface area contributed by atoms with Crippen molar-refractivity contribution in [2.75, 3.05) is 9.80 Å². The third kappa shape index (κ3) is 18.8. The minimum absolute atomic E-state index is 0. The number of anilines is 6. The molecule has 7 nitrogen and oxygen atoms in total. The molecule has 0 fully saturated rings. The van der Waals surface area contributed by atoms with E-state index in [0.717, 1.165) is 94.9 Å². The molecule has 0 N–H and O–H groups in total. The van der Waals surface area contributed by atoms with Gasteiger partial charge in [-0.15, -0.1) is 59.7 Å². The van der Waals surface area contributed by atoms with E-state index < -0.39 is 40.4 Å². The van der Waals surface area contributed by atoms with E-state index in [0.29, 0.717) is 0 Å². The summed E-state index contributed by atoms with van der Waals surface area (Å²) in [6.07, 6.45) is 10.2. The Morgan fingerprint density at radius 3 is 0.854 bits per heavy atom. The van der Waals surface area contributed by atoms with Crippen LogP contribution in [0.4, 0.5) is 34.1 Å². The molecular formula is C82H88BrN7PtSi5. The van der Waals surface area contributed by atoms with E-state index in [1.165, 1.54) is 25.9 Å². The van der Waals surface area contributed by atoms with Gasteiger partial charge in [0.2, 0.25) is 0 Å². The molecule has 0 saturated carbocycles. The van der Waals surface area contributed by atoms with Crippen LogP contribution in [0.1, 0.15) is 0 Å². The normalized spacial score (nSPS) is 11.7. The van der Waals surface area contributed by atoms with Crippen LogP contribution >= 0.6 is 15.9 Å². The summed E-state index contributed by atoms with van der Waals surface area (Å²) in [4.78, 5) is 28.4. The van der Waals surface area contributed by atoms with Gasteiger partial charge in [0.25, 0.3) is 0 Å². The van der Waals surface area contributed by atoms with Crippen LogP contribution in [0.5, 0.6) is 0 Å². The second-order valence-electron chi connectivity index (χ2n) is 29.3. The number of rotatable bonds is 16. The van der Waals surface area contributed by atoms with Crippen molar-refractivity contribution in [3.8, 4) is 56.3 Å². The summed E-state index contributed by atoms with van der Waals surface area (Å²) in [6, 6.07) is 88.1. The van der Waals surface area contributed by atoms with E-state index in [2.05, 4.69) is 366 Å². The minimum atomic E-state index is -1.41. The zero-order chi connectivity index (χ0) is 67.7. The summed E-state index contributed by atoms with van der Waals surface area (Å²) in [5.41, 5.74) is 16.4. The van der Waals surface area contributed by atoms with Crippen LogP contribution < -0.4 is 35.7 Å². The van der Waals surface area contributed by atoms with Gasteiger partial charge in [0.05, 0.1) is 57.5 Å². The van der Waals surface area contributed by atoms with Gasteiger partial charge in [-0.05, 0) is 128 Å². The van der Waals surface area contributed by atoms with Crippen molar-refractivity contribution < 1.29 is 21.1 Å². The number of benzene rings is 7. The molecule has 5 aromatic heterocycles. The van der Waals surface area contributed by atoms with Crippen molar-refractivity contribution in [1.82, 2.24) is 24.9 Å². The van der Waals surface area contributed by atoms with Crippen molar-refractivity contribution in [3.63, 3.8) is 0 Å². The number of para-hydroxylation sites is 2. The summed E-state index contributed by atoms with van der Waals surface area (Å²) in [7, 11) is -6.85. The third-order valence-corrected chi connectivity index (χ3v) is 27.3. The Balaban J connectivity index is 0.000000181. The van der Waals surface area contributed by atoms with Crippen LogP contribution in [-0.4, -0.2) is 65.3 Å². The van der Waals surface area contributed by atoms with E-state index in [-0.39, 0.29) is 21.1 Å². The fourth-order valence-electron chi connectivity index (χ4n) is 10.8.